The fourth-order valence-electron chi connectivity index (χ4n) is 5.25. The Bertz CT molecular complexity index is 926. The molecule has 2 aromatic carbocycles. The van der Waals surface area contributed by atoms with E-state index < -0.39 is 0 Å². The third-order valence-electron chi connectivity index (χ3n) is 6.52. The van der Waals surface area contributed by atoms with Gasteiger partial charge in [0.25, 0.3) is 0 Å². The highest BCUT2D eigenvalue weighted by Gasteiger charge is 2.42. The second-order valence-electron chi connectivity index (χ2n) is 7.86. The molecule has 0 saturated carbocycles. The molecule has 3 aliphatic heterocycles. The van der Waals surface area contributed by atoms with Gasteiger partial charge in [-0.25, -0.2) is 0 Å². The van der Waals surface area contributed by atoms with Crippen LogP contribution in [0.1, 0.15) is 48.0 Å². The standard InChI is InChI=1S/C23H26N2O3/c1-27-16-8-9-21(28-2)18(13-16)20-14-19(24-11-4-7-22(24)26)17-6-3-5-15-10-12-25(20)23(15)17/h3,5-6,8-9,13,19-20H,4,7,10-12,14H2,1-2H3. The molecule has 28 heavy (non-hydrogen) atoms. The first-order chi connectivity index (χ1) is 13.7. The van der Waals surface area contributed by atoms with Crippen molar-refractivity contribution in [2.45, 2.75) is 37.8 Å². The van der Waals surface area contributed by atoms with E-state index in [9.17, 15) is 4.79 Å². The minimum Gasteiger partial charge on any atom is -0.497 e. The number of para-hydroxylation sites is 1. The van der Waals surface area contributed by atoms with Crippen LogP contribution >= 0.6 is 0 Å². The zero-order valence-electron chi connectivity index (χ0n) is 16.5. The Labute approximate surface area is 165 Å². The summed E-state index contributed by atoms with van der Waals surface area (Å²) < 4.78 is 11.2. The van der Waals surface area contributed by atoms with Gasteiger partial charge in [0.1, 0.15) is 11.5 Å². The van der Waals surface area contributed by atoms with E-state index in [2.05, 4.69) is 34.1 Å². The van der Waals surface area contributed by atoms with Crippen LogP contribution in [0.4, 0.5) is 5.69 Å². The summed E-state index contributed by atoms with van der Waals surface area (Å²) >= 11 is 0. The van der Waals surface area contributed by atoms with Gasteiger partial charge in [0.15, 0.2) is 0 Å². The zero-order chi connectivity index (χ0) is 19.3. The monoisotopic (exact) mass is 378 g/mol. The van der Waals surface area contributed by atoms with Crippen molar-refractivity contribution in [1.29, 1.82) is 0 Å². The maximum atomic E-state index is 12.6. The summed E-state index contributed by atoms with van der Waals surface area (Å²) in [5, 5.41) is 0. The van der Waals surface area contributed by atoms with Gasteiger partial charge in [0, 0.05) is 30.8 Å². The lowest BCUT2D eigenvalue weighted by Crippen LogP contribution is -2.39. The average molecular weight is 378 g/mol. The second-order valence-corrected chi connectivity index (χ2v) is 7.86. The number of carbonyl (C=O) groups is 1. The van der Waals surface area contributed by atoms with Crippen LogP contribution < -0.4 is 14.4 Å². The minimum atomic E-state index is 0.125. The molecule has 0 aromatic heterocycles. The molecule has 1 amide bonds. The smallest absolute Gasteiger partial charge is 0.223 e. The Morgan fingerprint density at radius 2 is 1.79 bits per heavy atom. The number of carbonyl (C=O) groups excluding carboxylic acids is 1. The first-order valence-corrected chi connectivity index (χ1v) is 10.1. The SMILES string of the molecule is COc1ccc(OC)c(C2CC(N3CCCC3=O)c3cccc4c3N2CC4)c1. The highest BCUT2D eigenvalue weighted by atomic mass is 16.5. The average Bonchev–Trinajstić information content (AvgIpc) is 3.36. The lowest BCUT2D eigenvalue weighted by Gasteiger charge is -2.43. The molecular weight excluding hydrogens is 352 g/mol. The number of hydrogen-bond donors (Lipinski definition) is 0. The van der Waals surface area contributed by atoms with Crippen molar-refractivity contribution < 1.29 is 14.3 Å². The van der Waals surface area contributed by atoms with Crippen molar-refractivity contribution in [3.63, 3.8) is 0 Å². The van der Waals surface area contributed by atoms with Gasteiger partial charge in [-0.3, -0.25) is 4.79 Å². The van der Waals surface area contributed by atoms with Crippen LogP contribution in [0.25, 0.3) is 0 Å². The van der Waals surface area contributed by atoms with Crippen LogP contribution in [0.5, 0.6) is 11.5 Å². The predicted molar refractivity (Wildman–Crippen MR) is 108 cm³/mol. The summed E-state index contributed by atoms with van der Waals surface area (Å²) in [6, 6.07) is 12.9. The zero-order valence-corrected chi connectivity index (χ0v) is 16.5. The summed E-state index contributed by atoms with van der Waals surface area (Å²) in [4.78, 5) is 17.2. The first-order valence-electron chi connectivity index (χ1n) is 10.1. The van der Waals surface area contributed by atoms with Crippen molar-refractivity contribution in [1.82, 2.24) is 4.90 Å². The number of methoxy groups -OCH3 is 2. The molecule has 0 bridgehead atoms. The summed E-state index contributed by atoms with van der Waals surface area (Å²) in [5.41, 5.74) is 5.17. The summed E-state index contributed by atoms with van der Waals surface area (Å²) in [5.74, 6) is 2.00. The van der Waals surface area contributed by atoms with Gasteiger partial charge in [-0.15, -0.1) is 0 Å². The van der Waals surface area contributed by atoms with Crippen molar-refractivity contribution in [2.24, 2.45) is 0 Å². The molecule has 2 aromatic rings. The number of amides is 1. The van der Waals surface area contributed by atoms with Gasteiger partial charge in [0.2, 0.25) is 5.91 Å². The van der Waals surface area contributed by atoms with Crippen molar-refractivity contribution >= 4 is 11.6 Å². The number of hydrogen-bond acceptors (Lipinski definition) is 4. The number of rotatable bonds is 4. The molecule has 5 rings (SSSR count). The molecule has 146 valence electrons. The van der Waals surface area contributed by atoms with Crippen molar-refractivity contribution in [3.8, 4) is 11.5 Å². The number of nitrogens with zero attached hydrogens (tertiary/aromatic N) is 2. The highest BCUT2D eigenvalue weighted by molar-refractivity contribution is 5.80. The highest BCUT2D eigenvalue weighted by Crippen LogP contribution is 2.52. The number of likely N-dealkylation sites (tertiary alicyclic amines) is 1. The minimum absolute atomic E-state index is 0.125. The molecule has 2 unspecified atom stereocenters. The van der Waals surface area contributed by atoms with E-state index in [4.69, 9.17) is 9.47 Å². The fourth-order valence-corrected chi connectivity index (χ4v) is 5.25. The molecule has 2 atom stereocenters. The molecule has 0 spiro atoms. The van der Waals surface area contributed by atoms with Gasteiger partial charge in [-0.2, -0.15) is 0 Å². The molecule has 1 saturated heterocycles. The molecule has 3 aliphatic rings. The van der Waals surface area contributed by atoms with Crippen molar-refractivity contribution in [3.05, 3.63) is 53.1 Å². The molecule has 5 nitrogen and oxygen atoms in total. The fraction of sp³-hybridized carbons (Fsp3) is 0.435. The lowest BCUT2D eigenvalue weighted by atomic mass is 9.86. The Morgan fingerprint density at radius 3 is 2.54 bits per heavy atom. The van der Waals surface area contributed by atoms with Crippen LogP contribution in [0.3, 0.4) is 0 Å². The van der Waals surface area contributed by atoms with E-state index in [0.717, 1.165) is 49.4 Å². The number of anilines is 1. The van der Waals surface area contributed by atoms with Crippen molar-refractivity contribution in [2.75, 3.05) is 32.2 Å². The van der Waals surface area contributed by atoms with E-state index in [1.54, 1.807) is 14.2 Å². The second kappa shape index (κ2) is 6.73. The molecular formula is C23H26N2O3. The summed E-state index contributed by atoms with van der Waals surface area (Å²) in [6.07, 6.45) is 3.56. The van der Waals surface area contributed by atoms with Crippen LogP contribution in [-0.4, -0.2) is 38.1 Å². The quantitative estimate of drug-likeness (QED) is 0.810. The Balaban J connectivity index is 1.64. The van der Waals surface area contributed by atoms with E-state index in [0.29, 0.717) is 6.42 Å². The maximum absolute atomic E-state index is 12.6. The third-order valence-corrected chi connectivity index (χ3v) is 6.52. The molecule has 0 N–H and O–H groups in total. The van der Waals surface area contributed by atoms with Gasteiger partial charge in [-0.1, -0.05) is 18.2 Å². The molecule has 1 fully saturated rings. The van der Waals surface area contributed by atoms with E-state index in [-0.39, 0.29) is 18.0 Å². The molecule has 5 heteroatoms. The normalized spacial score (nSPS) is 23.1. The largest absolute Gasteiger partial charge is 0.497 e. The van der Waals surface area contributed by atoms with Gasteiger partial charge in [0.05, 0.1) is 26.3 Å². The first kappa shape index (κ1) is 17.4. The molecule has 3 heterocycles. The van der Waals surface area contributed by atoms with Gasteiger partial charge >= 0.3 is 0 Å². The lowest BCUT2D eigenvalue weighted by molar-refractivity contribution is -0.130. The Kier molecular flexibility index (Phi) is 4.18. The van der Waals surface area contributed by atoms with Crippen LogP contribution in [0, 0.1) is 0 Å². The van der Waals surface area contributed by atoms with E-state index in [1.807, 2.05) is 12.1 Å². The third kappa shape index (κ3) is 2.56. The van der Waals surface area contributed by atoms with Crippen LogP contribution in [0.15, 0.2) is 36.4 Å². The van der Waals surface area contributed by atoms with E-state index >= 15 is 0 Å². The number of benzene rings is 2. The molecule has 0 aliphatic carbocycles. The topological polar surface area (TPSA) is 42.0 Å². The molecule has 0 radical (unpaired) electrons. The Morgan fingerprint density at radius 1 is 0.929 bits per heavy atom. The predicted octanol–water partition coefficient (Wildman–Crippen LogP) is 3.87. The summed E-state index contributed by atoms with van der Waals surface area (Å²) in [7, 11) is 3.42. The van der Waals surface area contributed by atoms with Crippen LogP contribution in [0.2, 0.25) is 0 Å². The van der Waals surface area contributed by atoms with Gasteiger partial charge in [-0.05, 0) is 48.6 Å². The van der Waals surface area contributed by atoms with E-state index in [1.165, 1.54) is 16.8 Å². The Hall–Kier alpha value is -2.69. The van der Waals surface area contributed by atoms with Crippen LogP contribution in [-0.2, 0) is 11.2 Å². The summed E-state index contributed by atoms with van der Waals surface area (Å²) in [6.45, 7) is 1.85. The van der Waals surface area contributed by atoms with Gasteiger partial charge < -0.3 is 19.3 Å². The number of ether oxygens (including phenoxy) is 2. The maximum Gasteiger partial charge on any atom is 0.223 e.